The number of carbonyl (C=O) groups excluding carboxylic acids is 1. The zero-order chi connectivity index (χ0) is 14.9. The summed E-state index contributed by atoms with van der Waals surface area (Å²) in [7, 11) is 0. The van der Waals surface area contributed by atoms with Gasteiger partial charge in [-0.2, -0.15) is 0 Å². The van der Waals surface area contributed by atoms with Crippen molar-refractivity contribution in [1.82, 2.24) is 0 Å². The second-order valence-electron chi connectivity index (χ2n) is 5.80. The first kappa shape index (κ1) is 19.2. The lowest BCUT2D eigenvalue weighted by atomic mass is 10.1. The van der Waals surface area contributed by atoms with Crippen molar-refractivity contribution < 1.29 is 4.79 Å². The molecule has 2 N–H and O–H groups in total. The lowest BCUT2D eigenvalue weighted by molar-refractivity contribution is -0.118. The first-order valence-electron chi connectivity index (χ1n) is 8.70. The van der Waals surface area contributed by atoms with Crippen LogP contribution in [-0.4, -0.2) is 5.91 Å². The van der Waals surface area contributed by atoms with Crippen molar-refractivity contribution in [3.63, 3.8) is 0 Å². The Labute approximate surface area is 126 Å². The van der Waals surface area contributed by atoms with Crippen LogP contribution in [0.4, 0.5) is 0 Å². The van der Waals surface area contributed by atoms with E-state index in [1.807, 2.05) is 0 Å². The van der Waals surface area contributed by atoms with E-state index < -0.39 is 0 Å². The van der Waals surface area contributed by atoms with Gasteiger partial charge in [0, 0.05) is 6.42 Å². The van der Waals surface area contributed by atoms with Crippen molar-refractivity contribution >= 4 is 5.91 Å². The number of amides is 1. The largest absolute Gasteiger partial charge is 0.370 e. The van der Waals surface area contributed by atoms with Crippen LogP contribution in [0.1, 0.15) is 96.8 Å². The van der Waals surface area contributed by atoms with Crippen molar-refractivity contribution in [2.45, 2.75) is 96.8 Å². The van der Waals surface area contributed by atoms with Gasteiger partial charge >= 0.3 is 0 Å². The van der Waals surface area contributed by atoms with Gasteiger partial charge in [-0.3, -0.25) is 4.79 Å². The van der Waals surface area contributed by atoms with Crippen molar-refractivity contribution in [1.29, 1.82) is 0 Å². The molecule has 2 nitrogen and oxygen atoms in total. The third-order valence-electron chi connectivity index (χ3n) is 3.68. The van der Waals surface area contributed by atoms with Crippen LogP contribution in [0.2, 0.25) is 0 Å². The molecule has 0 fully saturated rings. The quantitative estimate of drug-likeness (QED) is 0.312. The smallest absolute Gasteiger partial charge is 0.217 e. The summed E-state index contributed by atoms with van der Waals surface area (Å²) in [6, 6.07) is 0. The van der Waals surface area contributed by atoms with E-state index in [-0.39, 0.29) is 5.91 Å². The zero-order valence-corrected chi connectivity index (χ0v) is 13.5. The fourth-order valence-electron chi connectivity index (χ4n) is 2.37. The standard InChI is InChI=1S/C18H35NO/c1-2-3-4-5-6-7-8-9-10-11-12-13-14-15-16-17-18(19)20/h9-10H,2-8,11-17H2,1H3,(H2,19,20)/b10-9+. The van der Waals surface area contributed by atoms with E-state index in [4.69, 9.17) is 5.73 Å². The first-order valence-corrected chi connectivity index (χ1v) is 8.70. The van der Waals surface area contributed by atoms with Crippen LogP contribution in [0.3, 0.4) is 0 Å². The fraction of sp³-hybridized carbons (Fsp3) is 0.833. The maximum Gasteiger partial charge on any atom is 0.217 e. The average molecular weight is 281 g/mol. The lowest BCUT2D eigenvalue weighted by Gasteiger charge is -1.99. The number of nitrogens with two attached hydrogens (primary N) is 1. The van der Waals surface area contributed by atoms with E-state index in [2.05, 4.69) is 19.1 Å². The molecule has 0 saturated heterocycles. The number of hydrogen-bond acceptors (Lipinski definition) is 1. The van der Waals surface area contributed by atoms with Gasteiger partial charge in [0.05, 0.1) is 0 Å². The van der Waals surface area contributed by atoms with Gasteiger partial charge in [0.1, 0.15) is 0 Å². The molecule has 0 bridgehead atoms. The minimum Gasteiger partial charge on any atom is -0.370 e. The summed E-state index contributed by atoms with van der Waals surface area (Å²) in [5.74, 6) is -0.164. The minimum atomic E-state index is -0.164. The van der Waals surface area contributed by atoms with E-state index >= 15 is 0 Å². The molecule has 0 atom stereocenters. The molecule has 0 spiro atoms. The van der Waals surface area contributed by atoms with Crippen LogP contribution < -0.4 is 5.73 Å². The summed E-state index contributed by atoms with van der Waals surface area (Å²) < 4.78 is 0. The van der Waals surface area contributed by atoms with Gasteiger partial charge in [0.2, 0.25) is 5.91 Å². The topological polar surface area (TPSA) is 43.1 Å². The molecular formula is C18H35NO. The van der Waals surface area contributed by atoms with Gasteiger partial charge in [0.15, 0.2) is 0 Å². The van der Waals surface area contributed by atoms with Crippen molar-refractivity contribution in [3.05, 3.63) is 12.2 Å². The molecule has 0 heterocycles. The van der Waals surface area contributed by atoms with Gasteiger partial charge in [-0.1, -0.05) is 70.4 Å². The Kier molecular flexibility index (Phi) is 15.6. The molecule has 0 aliphatic carbocycles. The number of rotatable bonds is 15. The predicted octanol–water partition coefficient (Wildman–Crippen LogP) is 5.51. The van der Waals surface area contributed by atoms with E-state index in [0.717, 1.165) is 12.8 Å². The molecule has 20 heavy (non-hydrogen) atoms. The highest BCUT2D eigenvalue weighted by atomic mass is 16.1. The molecule has 0 saturated carbocycles. The van der Waals surface area contributed by atoms with Crippen LogP contribution in [0, 0.1) is 0 Å². The molecule has 0 rings (SSSR count). The molecular weight excluding hydrogens is 246 g/mol. The summed E-state index contributed by atoms with van der Waals surface area (Å²) in [6.45, 7) is 2.26. The second-order valence-corrected chi connectivity index (χ2v) is 5.80. The van der Waals surface area contributed by atoms with Crippen LogP contribution in [0.15, 0.2) is 12.2 Å². The summed E-state index contributed by atoms with van der Waals surface area (Å²) in [5.41, 5.74) is 5.10. The van der Waals surface area contributed by atoms with Crippen LogP contribution >= 0.6 is 0 Å². The van der Waals surface area contributed by atoms with Gasteiger partial charge in [-0.05, 0) is 32.1 Å². The Hall–Kier alpha value is -0.790. The van der Waals surface area contributed by atoms with Gasteiger partial charge in [0.25, 0.3) is 0 Å². The second kappa shape index (κ2) is 16.3. The van der Waals surface area contributed by atoms with Crippen LogP contribution in [-0.2, 0) is 4.79 Å². The number of primary amides is 1. The van der Waals surface area contributed by atoms with Gasteiger partial charge in [-0.15, -0.1) is 0 Å². The molecule has 0 aliphatic rings. The molecule has 0 aromatic carbocycles. The molecule has 1 amide bonds. The fourth-order valence-corrected chi connectivity index (χ4v) is 2.37. The van der Waals surface area contributed by atoms with Gasteiger partial charge in [-0.25, -0.2) is 0 Å². The first-order chi connectivity index (χ1) is 9.77. The molecule has 2 heteroatoms. The Morgan fingerprint density at radius 3 is 1.70 bits per heavy atom. The minimum absolute atomic E-state index is 0.164. The number of unbranched alkanes of at least 4 members (excludes halogenated alkanes) is 11. The van der Waals surface area contributed by atoms with Gasteiger partial charge < -0.3 is 5.73 Å². The summed E-state index contributed by atoms with van der Waals surface area (Å²) in [4.78, 5) is 10.5. The highest BCUT2D eigenvalue weighted by Gasteiger charge is 1.94. The summed E-state index contributed by atoms with van der Waals surface area (Å²) in [6.07, 6.45) is 21.9. The monoisotopic (exact) mass is 281 g/mol. The Bertz CT molecular complexity index is 236. The van der Waals surface area contributed by atoms with Crippen molar-refractivity contribution in [2.75, 3.05) is 0 Å². The summed E-state index contributed by atoms with van der Waals surface area (Å²) >= 11 is 0. The maximum absolute atomic E-state index is 10.5. The summed E-state index contributed by atoms with van der Waals surface area (Å²) in [5, 5.41) is 0. The maximum atomic E-state index is 10.5. The third-order valence-corrected chi connectivity index (χ3v) is 3.68. The van der Waals surface area contributed by atoms with E-state index in [1.54, 1.807) is 0 Å². The molecule has 0 radical (unpaired) electrons. The molecule has 118 valence electrons. The van der Waals surface area contributed by atoms with E-state index in [1.165, 1.54) is 70.6 Å². The van der Waals surface area contributed by atoms with Crippen molar-refractivity contribution in [2.24, 2.45) is 5.73 Å². The third kappa shape index (κ3) is 17.2. The molecule has 0 unspecified atom stereocenters. The Morgan fingerprint density at radius 2 is 1.20 bits per heavy atom. The van der Waals surface area contributed by atoms with Crippen LogP contribution in [0.5, 0.6) is 0 Å². The highest BCUT2D eigenvalue weighted by Crippen LogP contribution is 2.09. The predicted molar refractivity (Wildman–Crippen MR) is 88.6 cm³/mol. The number of allylic oxidation sites excluding steroid dienone is 2. The molecule has 0 aliphatic heterocycles. The lowest BCUT2D eigenvalue weighted by Crippen LogP contribution is -2.09. The highest BCUT2D eigenvalue weighted by molar-refractivity contribution is 5.73. The molecule has 0 aromatic rings. The van der Waals surface area contributed by atoms with E-state index in [0.29, 0.717) is 6.42 Å². The van der Waals surface area contributed by atoms with E-state index in [9.17, 15) is 4.79 Å². The Morgan fingerprint density at radius 1 is 0.750 bits per heavy atom. The number of hydrogen-bond donors (Lipinski definition) is 1. The molecule has 0 aromatic heterocycles. The Balaban J connectivity index is 3.07. The van der Waals surface area contributed by atoms with Crippen LogP contribution in [0.25, 0.3) is 0 Å². The average Bonchev–Trinajstić information content (AvgIpc) is 2.43. The zero-order valence-electron chi connectivity index (χ0n) is 13.5. The number of carbonyl (C=O) groups is 1. The normalized spacial score (nSPS) is 11.2. The SMILES string of the molecule is CCCCCCCC/C=C/CCCCCCCC(N)=O. The van der Waals surface area contributed by atoms with Crippen molar-refractivity contribution in [3.8, 4) is 0 Å².